The van der Waals surface area contributed by atoms with Gasteiger partial charge in [-0.25, -0.2) is 0 Å². The fourth-order valence-corrected chi connectivity index (χ4v) is 3.92. The van der Waals surface area contributed by atoms with Crippen molar-refractivity contribution in [1.82, 2.24) is 0 Å². The molecule has 1 aliphatic heterocycles. The van der Waals surface area contributed by atoms with Gasteiger partial charge >= 0.3 is 0 Å². The summed E-state index contributed by atoms with van der Waals surface area (Å²) in [5.74, 6) is 0.717. The van der Waals surface area contributed by atoms with Crippen LogP contribution in [0.1, 0.15) is 68.2 Å². The van der Waals surface area contributed by atoms with E-state index in [2.05, 4.69) is 32.9 Å². The van der Waals surface area contributed by atoms with Gasteiger partial charge in [-0.05, 0) is 65.7 Å². The van der Waals surface area contributed by atoms with Crippen molar-refractivity contribution >= 4 is 0 Å². The summed E-state index contributed by atoms with van der Waals surface area (Å²) in [4.78, 5) is 0. The smallest absolute Gasteiger partial charge is 0.0471 e. The van der Waals surface area contributed by atoms with E-state index < -0.39 is 0 Å². The molecule has 0 saturated carbocycles. The minimum atomic E-state index is 0.267. The summed E-state index contributed by atoms with van der Waals surface area (Å²) < 4.78 is 5.54. The maximum absolute atomic E-state index is 5.54. The number of benzene rings is 1. The lowest BCUT2D eigenvalue weighted by Crippen LogP contribution is -2.22. The highest BCUT2D eigenvalue weighted by atomic mass is 16.5. The zero-order valence-corrected chi connectivity index (χ0v) is 12.6. The van der Waals surface area contributed by atoms with Crippen molar-refractivity contribution in [2.24, 2.45) is 0 Å². The average molecular weight is 258 g/mol. The van der Waals surface area contributed by atoms with E-state index in [1.165, 1.54) is 32.1 Å². The fourth-order valence-electron chi connectivity index (χ4n) is 3.92. The lowest BCUT2D eigenvalue weighted by atomic mass is 9.75. The van der Waals surface area contributed by atoms with Crippen LogP contribution in [0.5, 0.6) is 0 Å². The predicted molar refractivity (Wildman–Crippen MR) is 80.0 cm³/mol. The van der Waals surface area contributed by atoms with Crippen molar-refractivity contribution in [3.8, 4) is 0 Å². The van der Waals surface area contributed by atoms with Crippen LogP contribution in [0, 0.1) is 0 Å². The third-order valence-electron chi connectivity index (χ3n) is 4.73. The van der Waals surface area contributed by atoms with Gasteiger partial charge in [0.05, 0.1) is 0 Å². The minimum Gasteiger partial charge on any atom is -0.381 e. The molecular formula is C18H26O. The molecule has 0 radical (unpaired) electrons. The molecule has 19 heavy (non-hydrogen) atoms. The SMILES string of the molecule is CC(C)(C)c1c(C2CCOCC2)ccc2c1CCC2. The first-order valence-corrected chi connectivity index (χ1v) is 7.80. The number of aryl methyl sites for hydroxylation is 1. The molecule has 0 spiro atoms. The first kappa shape index (κ1) is 13.2. The number of hydrogen-bond donors (Lipinski definition) is 0. The van der Waals surface area contributed by atoms with Crippen LogP contribution in [0.15, 0.2) is 12.1 Å². The molecule has 0 aromatic heterocycles. The minimum absolute atomic E-state index is 0.267. The molecule has 0 amide bonds. The highest BCUT2D eigenvalue weighted by molar-refractivity contribution is 5.48. The molecule has 1 heterocycles. The number of ether oxygens (including phenoxy) is 1. The second kappa shape index (κ2) is 4.94. The summed E-state index contributed by atoms with van der Waals surface area (Å²) in [6.45, 7) is 9.01. The van der Waals surface area contributed by atoms with Crippen LogP contribution in [0.25, 0.3) is 0 Å². The van der Waals surface area contributed by atoms with Gasteiger partial charge in [0.1, 0.15) is 0 Å². The van der Waals surface area contributed by atoms with E-state index in [1.54, 1.807) is 22.3 Å². The Bertz CT molecular complexity index is 461. The Morgan fingerprint density at radius 3 is 2.47 bits per heavy atom. The van der Waals surface area contributed by atoms with Gasteiger partial charge in [0.25, 0.3) is 0 Å². The van der Waals surface area contributed by atoms with Gasteiger partial charge in [-0.15, -0.1) is 0 Å². The third kappa shape index (κ3) is 2.45. The van der Waals surface area contributed by atoms with Crippen LogP contribution >= 0.6 is 0 Å². The Morgan fingerprint density at radius 1 is 1.05 bits per heavy atom. The maximum atomic E-state index is 5.54. The average Bonchev–Trinajstić information content (AvgIpc) is 2.85. The molecule has 1 aliphatic carbocycles. The van der Waals surface area contributed by atoms with E-state index in [9.17, 15) is 0 Å². The Hall–Kier alpha value is -0.820. The molecule has 3 rings (SSSR count). The molecule has 0 bridgehead atoms. The van der Waals surface area contributed by atoms with Gasteiger partial charge in [-0.1, -0.05) is 32.9 Å². The molecule has 1 aromatic rings. The van der Waals surface area contributed by atoms with Crippen molar-refractivity contribution < 1.29 is 4.74 Å². The molecule has 0 atom stereocenters. The number of rotatable bonds is 1. The number of hydrogen-bond acceptors (Lipinski definition) is 1. The Labute approximate surface area is 117 Å². The van der Waals surface area contributed by atoms with E-state index in [-0.39, 0.29) is 5.41 Å². The normalized spacial score (nSPS) is 20.6. The standard InChI is InChI=1S/C18H26O/c1-18(2,3)17-15-6-4-5-13(15)7-8-16(17)14-9-11-19-12-10-14/h7-8,14H,4-6,9-12H2,1-3H3. The molecule has 1 nitrogen and oxygen atoms in total. The largest absolute Gasteiger partial charge is 0.381 e. The van der Waals surface area contributed by atoms with E-state index in [0.29, 0.717) is 5.92 Å². The molecular weight excluding hydrogens is 232 g/mol. The highest BCUT2D eigenvalue weighted by Crippen LogP contribution is 2.41. The molecule has 1 saturated heterocycles. The van der Waals surface area contributed by atoms with E-state index >= 15 is 0 Å². The molecule has 0 N–H and O–H groups in total. The van der Waals surface area contributed by atoms with Crippen LogP contribution in [0.2, 0.25) is 0 Å². The molecule has 104 valence electrons. The second-order valence-corrected chi connectivity index (χ2v) is 7.16. The summed E-state index contributed by atoms with van der Waals surface area (Å²) in [6.07, 6.45) is 6.31. The Morgan fingerprint density at radius 2 is 1.79 bits per heavy atom. The van der Waals surface area contributed by atoms with Crippen LogP contribution in [-0.4, -0.2) is 13.2 Å². The zero-order valence-electron chi connectivity index (χ0n) is 12.6. The summed E-state index contributed by atoms with van der Waals surface area (Å²) in [5, 5.41) is 0. The van der Waals surface area contributed by atoms with Crippen molar-refractivity contribution in [2.75, 3.05) is 13.2 Å². The van der Waals surface area contributed by atoms with Gasteiger partial charge in [0.15, 0.2) is 0 Å². The molecule has 1 heteroatoms. The van der Waals surface area contributed by atoms with Crippen LogP contribution in [0.4, 0.5) is 0 Å². The quantitative estimate of drug-likeness (QED) is 0.727. The Kier molecular flexibility index (Phi) is 3.42. The lowest BCUT2D eigenvalue weighted by molar-refractivity contribution is 0.0849. The van der Waals surface area contributed by atoms with E-state index in [1.807, 2.05) is 0 Å². The fraction of sp³-hybridized carbons (Fsp3) is 0.667. The van der Waals surface area contributed by atoms with Gasteiger partial charge in [-0.2, -0.15) is 0 Å². The lowest BCUT2D eigenvalue weighted by Gasteiger charge is -2.32. The molecule has 1 aromatic carbocycles. The summed E-state index contributed by atoms with van der Waals surface area (Å²) in [6, 6.07) is 4.84. The highest BCUT2D eigenvalue weighted by Gasteiger charge is 2.29. The second-order valence-electron chi connectivity index (χ2n) is 7.16. The van der Waals surface area contributed by atoms with Crippen LogP contribution in [0.3, 0.4) is 0 Å². The maximum Gasteiger partial charge on any atom is 0.0471 e. The van der Waals surface area contributed by atoms with Crippen molar-refractivity contribution in [3.63, 3.8) is 0 Å². The summed E-state index contributed by atoms with van der Waals surface area (Å²) in [7, 11) is 0. The van der Waals surface area contributed by atoms with E-state index in [0.717, 1.165) is 13.2 Å². The van der Waals surface area contributed by atoms with Crippen molar-refractivity contribution in [1.29, 1.82) is 0 Å². The molecule has 1 fully saturated rings. The third-order valence-corrected chi connectivity index (χ3v) is 4.73. The van der Waals surface area contributed by atoms with Crippen molar-refractivity contribution in [3.05, 3.63) is 34.4 Å². The first-order valence-electron chi connectivity index (χ1n) is 7.80. The van der Waals surface area contributed by atoms with Gasteiger partial charge in [0, 0.05) is 13.2 Å². The summed E-state index contributed by atoms with van der Waals surface area (Å²) >= 11 is 0. The van der Waals surface area contributed by atoms with Crippen LogP contribution in [-0.2, 0) is 23.0 Å². The predicted octanol–water partition coefficient (Wildman–Crippen LogP) is 4.37. The Balaban J connectivity index is 2.08. The van der Waals surface area contributed by atoms with Crippen molar-refractivity contribution in [2.45, 2.75) is 64.2 Å². The first-order chi connectivity index (χ1) is 9.07. The van der Waals surface area contributed by atoms with Gasteiger partial charge in [0.2, 0.25) is 0 Å². The number of fused-ring (bicyclic) bond motifs is 1. The zero-order chi connectivity index (χ0) is 13.5. The summed E-state index contributed by atoms with van der Waals surface area (Å²) in [5.41, 5.74) is 6.84. The monoisotopic (exact) mass is 258 g/mol. The van der Waals surface area contributed by atoms with Crippen LogP contribution < -0.4 is 0 Å². The van der Waals surface area contributed by atoms with E-state index in [4.69, 9.17) is 4.74 Å². The van der Waals surface area contributed by atoms with Gasteiger partial charge < -0.3 is 4.74 Å². The molecule has 0 unspecified atom stereocenters. The van der Waals surface area contributed by atoms with Gasteiger partial charge in [-0.3, -0.25) is 0 Å². The molecule has 2 aliphatic rings. The topological polar surface area (TPSA) is 9.23 Å².